The Balaban J connectivity index is 2.04. The van der Waals surface area contributed by atoms with Gasteiger partial charge in [-0.2, -0.15) is 0 Å². The van der Waals surface area contributed by atoms with E-state index in [0.29, 0.717) is 24.2 Å². The zero-order chi connectivity index (χ0) is 18.0. The van der Waals surface area contributed by atoms with Gasteiger partial charge in [-0.25, -0.2) is 4.98 Å². The fourth-order valence-electron chi connectivity index (χ4n) is 3.18. The zero-order valence-electron chi connectivity index (χ0n) is 14.6. The summed E-state index contributed by atoms with van der Waals surface area (Å²) in [6, 6.07) is 0. The van der Waals surface area contributed by atoms with Crippen LogP contribution in [0.1, 0.15) is 30.7 Å². The van der Waals surface area contributed by atoms with Gasteiger partial charge in [0.1, 0.15) is 4.83 Å². The molecule has 7 heteroatoms. The number of rotatable bonds is 6. The Morgan fingerprint density at radius 1 is 1.56 bits per heavy atom. The van der Waals surface area contributed by atoms with E-state index in [0.717, 1.165) is 29.5 Å². The third kappa shape index (κ3) is 3.67. The van der Waals surface area contributed by atoms with Crippen molar-refractivity contribution in [3.05, 3.63) is 33.4 Å². The summed E-state index contributed by atoms with van der Waals surface area (Å²) in [5, 5.41) is 4.14. The number of aromatic nitrogens is 2. The number of hydrogen-bond acceptors (Lipinski definition) is 5. The molecule has 0 aliphatic heterocycles. The number of allylic oxidation sites excluding steroid dienone is 1. The molecule has 134 valence electrons. The Morgan fingerprint density at radius 3 is 3.08 bits per heavy atom. The fraction of sp³-hybridized carbons (Fsp3) is 0.500. The number of amides is 1. The van der Waals surface area contributed by atoms with Crippen LogP contribution in [-0.4, -0.2) is 27.8 Å². The number of nitrogens with zero attached hydrogens (tertiary/aromatic N) is 2. The van der Waals surface area contributed by atoms with Gasteiger partial charge in [0.25, 0.3) is 5.56 Å². The molecule has 0 saturated carbocycles. The molecular formula is C18H23N3O2S2. The summed E-state index contributed by atoms with van der Waals surface area (Å²) in [6.07, 6.45) is 4.80. The van der Waals surface area contributed by atoms with E-state index in [4.69, 9.17) is 4.98 Å². The Morgan fingerprint density at radius 2 is 2.36 bits per heavy atom. The first-order valence-electron chi connectivity index (χ1n) is 8.60. The lowest BCUT2D eigenvalue weighted by molar-refractivity contribution is -0.118. The standard InChI is InChI=1S/C18H23N3O2S2/c1-4-8-21-17(23)15-12-7-6-11(3)9-13(12)25-16(15)20-18(21)24-10-14(22)19-5-2/h4,11H,1,5-10H2,2-3H3,(H,19,22)/t11-/m1/s1. The molecule has 5 nitrogen and oxygen atoms in total. The summed E-state index contributed by atoms with van der Waals surface area (Å²) in [4.78, 5) is 31.7. The van der Waals surface area contributed by atoms with Gasteiger partial charge in [0.15, 0.2) is 5.16 Å². The third-order valence-electron chi connectivity index (χ3n) is 4.40. The first-order chi connectivity index (χ1) is 12.0. The molecule has 1 atom stereocenters. The number of fused-ring (bicyclic) bond motifs is 3. The minimum atomic E-state index is -0.0497. The van der Waals surface area contributed by atoms with Crippen LogP contribution in [-0.2, 0) is 24.2 Å². The molecule has 0 radical (unpaired) electrons. The highest BCUT2D eigenvalue weighted by molar-refractivity contribution is 7.99. The number of aryl methyl sites for hydroxylation is 1. The molecule has 2 aromatic rings. The van der Waals surface area contributed by atoms with Crippen molar-refractivity contribution in [2.45, 2.75) is 44.8 Å². The second-order valence-corrected chi connectivity index (χ2v) is 8.40. The minimum absolute atomic E-state index is 0.00430. The highest BCUT2D eigenvalue weighted by Gasteiger charge is 2.24. The van der Waals surface area contributed by atoms with Crippen LogP contribution < -0.4 is 10.9 Å². The molecule has 0 aromatic carbocycles. The van der Waals surface area contributed by atoms with Gasteiger partial charge in [0, 0.05) is 18.0 Å². The van der Waals surface area contributed by atoms with Crippen molar-refractivity contribution < 1.29 is 4.79 Å². The van der Waals surface area contributed by atoms with Gasteiger partial charge in [-0.05, 0) is 37.7 Å². The molecular weight excluding hydrogens is 354 g/mol. The fourth-order valence-corrected chi connectivity index (χ4v) is 5.45. The van der Waals surface area contributed by atoms with Crippen LogP contribution in [0.25, 0.3) is 10.2 Å². The van der Waals surface area contributed by atoms with Crippen LogP contribution in [0.5, 0.6) is 0 Å². The molecule has 25 heavy (non-hydrogen) atoms. The Hall–Kier alpha value is -1.60. The van der Waals surface area contributed by atoms with Crippen molar-refractivity contribution in [2.75, 3.05) is 12.3 Å². The number of hydrogen-bond donors (Lipinski definition) is 1. The van der Waals surface area contributed by atoms with Gasteiger partial charge >= 0.3 is 0 Å². The molecule has 2 heterocycles. The predicted octanol–water partition coefficient (Wildman–Crippen LogP) is 3.00. The topological polar surface area (TPSA) is 64.0 Å². The van der Waals surface area contributed by atoms with Crippen molar-refractivity contribution in [3.63, 3.8) is 0 Å². The molecule has 0 fully saturated rings. The van der Waals surface area contributed by atoms with E-state index in [1.807, 2.05) is 6.92 Å². The number of nitrogens with one attached hydrogen (secondary N) is 1. The van der Waals surface area contributed by atoms with Crippen LogP contribution in [0.2, 0.25) is 0 Å². The van der Waals surface area contributed by atoms with Crippen molar-refractivity contribution in [1.29, 1.82) is 0 Å². The molecule has 2 aromatic heterocycles. The van der Waals surface area contributed by atoms with E-state index < -0.39 is 0 Å². The SMILES string of the molecule is C=CCn1c(SCC(=O)NCC)nc2sc3c(c2c1=O)CC[C@@H](C)C3. The van der Waals surface area contributed by atoms with Gasteiger partial charge in [0.05, 0.1) is 11.1 Å². The molecule has 1 amide bonds. The van der Waals surface area contributed by atoms with E-state index in [2.05, 4.69) is 18.8 Å². The molecule has 0 saturated heterocycles. The molecule has 1 N–H and O–H groups in total. The highest BCUT2D eigenvalue weighted by atomic mass is 32.2. The normalized spacial score (nSPS) is 16.6. The maximum atomic E-state index is 13.1. The van der Waals surface area contributed by atoms with Crippen LogP contribution in [0.3, 0.4) is 0 Å². The Bertz CT molecular complexity index is 869. The van der Waals surface area contributed by atoms with Gasteiger partial charge < -0.3 is 5.32 Å². The van der Waals surface area contributed by atoms with Crippen LogP contribution in [0.4, 0.5) is 0 Å². The summed E-state index contributed by atoms with van der Waals surface area (Å²) < 4.78 is 1.64. The number of thiophene rings is 1. The van der Waals surface area contributed by atoms with Gasteiger partial charge in [-0.15, -0.1) is 17.9 Å². The largest absolute Gasteiger partial charge is 0.356 e. The summed E-state index contributed by atoms with van der Waals surface area (Å²) >= 11 is 2.95. The highest BCUT2D eigenvalue weighted by Crippen LogP contribution is 2.36. The van der Waals surface area contributed by atoms with E-state index in [1.165, 1.54) is 22.2 Å². The average molecular weight is 378 g/mol. The lowest BCUT2D eigenvalue weighted by Gasteiger charge is -2.17. The van der Waals surface area contributed by atoms with Gasteiger partial charge in [0.2, 0.25) is 5.91 Å². The second-order valence-electron chi connectivity index (χ2n) is 6.37. The predicted molar refractivity (Wildman–Crippen MR) is 105 cm³/mol. The van der Waals surface area contributed by atoms with Gasteiger partial charge in [-0.1, -0.05) is 24.8 Å². The number of carbonyl (C=O) groups excluding carboxylic acids is 1. The van der Waals surface area contributed by atoms with Crippen molar-refractivity contribution >= 4 is 39.2 Å². The maximum absolute atomic E-state index is 13.1. The quantitative estimate of drug-likeness (QED) is 0.477. The number of carbonyl (C=O) groups is 1. The average Bonchev–Trinajstić information content (AvgIpc) is 2.93. The monoisotopic (exact) mass is 377 g/mol. The molecule has 3 rings (SSSR count). The maximum Gasteiger partial charge on any atom is 0.263 e. The third-order valence-corrected chi connectivity index (χ3v) is 6.52. The molecule has 1 aliphatic rings. The van der Waals surface area contributed by atoms with Gasteiger partial charge in [-0.3, -0.25) is 14.2 Å². The first-order valence-corrected chi connectivity index (χ1v) is 10.4. The summed E-state index contributed by atoms with van der Waals surface area (Å²) in [5.41, 5.74) is 1.18. The molecule has 1 aliphatic carbocycles. The Kier molecular flexibility index (Phi) is 5.64. The van der Waals surface area contributed by atoms with E-state index in [-0.39, 0.29) is 17.2 Å². The zero-order valence-corrected chi connectivity index (χ0v) is 16.3. The minimum Gasteiger partial charge on any atom is -0.356 e. The summed E-state index contributed by atoms with van der Waals surface area (Å²) in [6.45, 7) is 8.90. The van der Waals surface area contributed by atoms with E-state index >= 15 is 0 Å². The number of thioether (sulfide) groups is 1. The van der Waals surface area contributed by atoms with Crippen molar-refractivity contribution in [1.82, 2.24) is 14.9 Å². The molecule has 0 unspecified atom stereocenters. The van der Waals surface area contributed by atoms with E-state index in [9.17, 15) is 9.59 Å². The smallest absolute Gasteiger partial charge is 0.263 e. The first kappa shape index (κ1) is 18.2. The van der Waals surface area contributed by atoms with Crippen molar-refractivity contribution in [3.8, 4) is 0 Å². The molecule has 0 spiro atoms. The second kappa shape index (κ2) is 7.74. The van der Waals surface area contributed by atoms with Crippen molar-refractivity contribution in [2.24, 2.45) is 5.92 Å². The van der Waals surface area contributed by atoms with Crippen LogP contribution >= 0.6 is 23.1 Å². The van der Waals surface area contributed by atoms with Crippen LogP contribution in [0.15, 0.2) is 22.6 Å². The van der Waals surface area contributed by atoms with Crippen LogP contribution in [0, 0.1) is 5.92 Å². The van der Waals surface area contributed by atoms with E-state index in [1.54, 1.807) is 22.0 Å². The Labute approximate surface area is 155 Å². The lowest BCUT2D eigenvalue weighted by Crippen LogP contribution is -2.26. The molecule has 0 bridgehead atoms. The lowest BCUT2D eigenvalue weighted by atomic mass is 9.89. The summed E-state index contributed by atoms with van der Waals surface area (Å²) in [5.74, 6) is 0.860. The summed E-state index contributed by atoms with van der Waals surface area (Å²) in [7, 11) is 0.